The first kappa shape index (κ1) is 19.5. The average Bonchev–Trinajstić information content (AvgIpc) is 3.11. The fourth-order valence-electron chi connectivity index (χ4n) is 3.11. The molecule has 4 atom stereocenters. The molecule has 3 rings (SSSR count). The van der Waals surface area contributed by atoms with Gasteiger partial charge in [-0.05, 0) is 27.2 Å². The fourth-order valence-corrected chi connectivity index (χ4v) is 3.11. The SMILES string of the molecule is CC1[C@@H](O)[C@@H](CCO)O[C@H]1n1cnc2c(NC(=O)OC(C)(C)C)ncnc21. The number of anilines is 1. The smallest absolute Gasteiger partial charge is 0.413 e. The third-order valence-corrected chi connectivity index (χ3v) is 4.35. The molecule has 10 heteroatoms. The van der Waals surface area contributed by atoms with Gasteiger partial charge in [0, 0.05) is 12.5 Å². The van der Waals surface area contributed by atoms with Crippen molar-refractivity contribution in [2.45, 2.75) is 58.2 Å². The monoisotopic (exact) mass is 379 g/mol. The summed E-state index contributed by atoms with van der Waals surface area (Å²) in [6.45, 7) is 7.09. The summed E-state index contributed by atoms with van der Waals surface area (Å²) in [5, 5.41) is 22.1. The van der Waals surface area contributed by atoms with E-state index in [1.54, 1.807) is 25.3 Å². The Bertz CT molecular complexity index is 818. The summed E-state index contributed by atoms with van der Waals surface area (Å²) in [6, 6.07) is 0. The quantitative estimate of drug-likeness (QED) is 0.727. The van der Waals surface area contributed by atoms with Crippen LogP contribution in [-0.2, 0) is 9.47 Å². The normalized spacial score (nSPS) is 25.7. The molecule has 10 nitrogen and oxygen atoms in total. The lowest BCUT2D eigenvalue weighted by Gasteiger charge is -2.19. The van der Waals surface area contributed by atoms with Crippen LogP contribution in [0.25, 0.3) is 11.2 Å². The van der Waals surface area contributed by atoms with Crippen LogP contribution in [0.4, 0.5) is 10.6 Å². The largest absolute Gasteiger partial charge is 0.444 e. The molecule has 1 fully saturated rings. The van der Waals surface area contributed by atoms with Gasteiger partial charge in [-0.2, -0.15) is 0 Å². The van der Waals surface area contributed by atoms with Crippen molar-refractivity contribution in [3.05, 3.63) is 12.7 Å². The molecule has 1 aliphatic rings. The van der Waals surface area contributed by atoms with E-state index in [0.717, 1.165) is 0 Å². The van der Waals surface area contributed by atoms with Gasteiger partial charge in [-0.3, -0.25) is 9.88 Å². The number of carbonyl (C=O) groups is 1. The third kappa shape index (κ3) is 4.02. The molecule has 1 saturated heterocycles. The zero-order valence-corrected chi connectivity index (χ0v) is 15.8. The summed E-state index contributed by atoms with van der Waals surface area (Å²) < 4.78 is 12.8. The van der Waals surface area contributed by atoms with Crippen molar-refractivity contribution < 1.29 is 24.5 Å². The number of ether oxygens (including phenoxy) is 2. The number of fused-ring (bicyclic) bond motifs is 1. The van der Waals surface area contributed by atoms with E-state index in [0.29, 0.717) is 17.6 Å². The molecular formula is C17H25N5O5. The minimum atomic E-state index is -0.708. The standard InChI is InChI=1S/C17H25N5O5/c1-9-12(24)10(5-6-23)26-15(9)22-8-20-11-13(18-7-19-14(11)22)21-16(25)27-17(2,3)4/h7-10,12,15,23-24H,5-6H2,1-4H3,(H,18,19,21,25)/t9?,10-,12-,15-/m1/s1. The maximum Gasteiger partial charge on any atom is 0.413 e. The molecule has 1 unspecified atom stereocenters. The molecule has 0 radical (unpaired) electrons. The number of amides is 1. The van der Waals surface area contributed by atoms with Crippen molar-refractivity contribution in [1.29, 1.82) is 0 Å². The van der Waals surface area contributed by atoms with Crippen molar-refractivity contribution in [2.75, 3.05) is 11.9 Å². The maximum atomic E-state index is 12.0. The highest BCUT2D eigenvalue weighted by atomic mass is 16.6. The van der Waals surface area contributed by atoms with Gasteiger partial charge in [0.15, 0.2) is 17.0 Å². The first-order valence-electron chi connectivity index (χ1n) is 8.83. The lowest BCUT2D eigenvalue weighted by atomic mass is 10.0. The number of rotatable bonds is 4. The molecule has 2 aromatic heterocycles. The van der Waals surface area contributed by atoms with Crippen molar-refractivity contribution in [2.24, 2.45) is 5.92 Å². The minimum absolute atomic E-state index is 0.0715. The number of nitrogens with one attached hydrogen (secondary N) is 1. The maximum absolute atomic E-state index is 12.0. The number of aliphatic hydroxyl groups excluding tert-OH is 2. The van der Waals surface area contributed by atoms with Crippen LogP contribution >= 0.6 is 0 Å². The highest BCUT2D eigenvalue weighted by Gasteiger charge is 2.42. The summed E-state index contributed by atoms with van der Waals surface area (Å²) >= 11 is 0. The zero-order valence-electron chi connectivity index (χ0n) is 15.8. The average molecular weight is 379 g/mol. The van der Waals surface area contributed by atoms with Crippen molar-refractivity contribution in [1.82, 2.24) is 19.5 Å². The van der Waals surface area contributed by atoms with Gasteiger partial charge in [0.2, 0.25) is 0 Å². The summed E-state index contributed by atoms with van der Waals surface area (Å²) in [5.74, 6) is 0.00212. The molecule has 0 bridgehead atoms. The second kappa shape index (κ2) is 7.37. The summed E-state index contributed by atoms with van der Waals surface area (Å²) in [7, 11) is 0. The summed E-state index contributed by atoms with van der Waals surface area (Å²) in [4.78, 5) is 24.7. The van der Waals surface area contributed by atoms with E-state index < -0.39 is 30.1 Å². The predicted octanol–water partition coefficient (Wildman–Crippen LogP) is 1.45. The van der Waals surface area contributed by atoms with Gasteiger partial charge in [-0.1, -0.05) is 6.92 Å². The summed E-state index contributed by atoms with van der Waals surface area (Å²) in [6.07, 6.45) is 0.888. The number of imidazole rings is 1. The lowest BCUT2D eigenvalue weighted by Crippen LogP contribution is -2.27. The van der Waals surface area contributed by atoms with E-state index in [9.17, 15) is 9.90 Å². The van der Waals surface area contributed by atoms with Crippen LogP contribution in [0.2, 0.25) is 0 Å². The Morgan fingerprint density at radius 3 is 2.78 bits per heavy atom. The Morgan fingerprint density at radius 2 is 2.11 bits per heavy atom. The highest BCUT2D eigenvalue weighted by molar-refractivity contribution is 5.93. The molecule has 0 aliphatic carbocycles. The summed E-state index contributed by atoms with van der Waals surface area (Å²) in [5.41, 5.74) is 0.213. The first-order chi connectivity index (χ1) is 12.7. The number of hydrogen-bond donors (Lipinski definition) is 3. The topological polar surface area (TPSA) is 132 Å². The lowest BCUT2D eigenvalue weighted by molar-refractivity contribution is -0.0297. The second-order valence-electron chi connectivity index (χ2n) is 7.60. The second-order valence-corrected chi connectivity index (χ2v) is 7.60. The van der Waals surface area contributed by atoms with Crippen LogP contribution in [0.3, 0.4) is 0 Å². The van der Waals surface area contributed by atoms with Gasteiger partial charge in [0.1, 0.15) is 18.2 Å². The molecule has 3 heterocycles. The molecule has 0 saturated carbocycles. The molecule has 1 amide bonds. The zero-order chi connectivity index (χ0) is 19.8. The molecule has 2 aromatic rings. The van der Waals surface area contributed by atoms with Crippen LogP contribution in [0.15, 0.2) is 12.7 Å². The molecular weight excluding hydrogens is 354 g/mol. The van der Waals surface area contributed by atoms with E-state index >= 15 is 0 Å². The predicted molar refractivity (Wildman–Crippen MR) is 96.0 cm³/mol. The fraction of sp³-hybridized carbons (Fsp3) is 0.647. The van der Waals surface area contributed by atoms with Gasteiger partial charge in [0.05, 0.1) is 18.5 Å². The van der Waals surface area contributed by atoms with E-state index in [2.05, 4.69) is 20.3 Å². The third-order valence-electron chi connectivity index (χ3n) is 4.35. The van der Waals surface area contributed by atoms with Crippen molar-refractivity contribution >= 4 is 23.1 Å². The van der Waals surface area contributed by atoms with Gasteiger partial charge in [-0.15, -0.1) is 0 Å². The Balaban J connectivity index is 1.87. The van der Waals surface area contributed by atoms with Gasteiger partial charge < -0.3 is 19.7 Å². The molecule has 0 aromatic carbocycles. The van der Waals surface area contributed by atoms with Crippen LogP contribution in [0.1, 0.15) is 40.3 Å². The van der Waals surface area contributed by atoms with Crippen LogP contribution < -0.4 is 5.32 Å². The van der Waals surface area contributed by atoms with E-state index in [-0.39, 0.29) is 18.3 Å². The number of nitrogens with zero attached hydrogens (tertiary/aromatic N) is 4. The van der Waals surface area contributed by atoms with Crippen LogP contribution in [0.5, 0.6) is 0 Å². The Kier molecular flexibility index (Phi) is 5.31. The molecule has 0 spiro atoms. The molecule has 27 heavy (non-hydrogen) atoms. The highest BCUT2D eigenvalue weighted by Crippen LogP contribution is 2.37. The van der Waals surface area contributed by atoms with Crippen molar-refractivity contribution in [3.8, 4) is 0 Å². The Labute approximate surface area is 156 Å². The number of carbonyl (C=O) groups excluding carboxylic acids is 1. The van der Waals surface area contributed by atoms with E-state index in [1.807, 2.05) is 6.92 Å². The number of aliphatic hydroxyl groups is 2. The molecule has 3 N–H and O–H groups in total. The molecule has 148 valence electrons. The van der Waals surface area contributed by atoms with Crippen molar-refractivity contribution in [3.63, 3.8) is 0 Å². The van der Waals surface area contributed by atoms with Gasteiger partial charge in [0.25, 0.3) is 0 Å². The Hall–Kier alpha value is -2.30. The van der Waals surface area contributed by atoms with Crippen LogP contribution in [0, 0.1) is 5.92 Å². The number of aromatic nitrogens is 4. The van der Waals surface area contributed by atoms with Crippen LogP contribution in [-0.4, -0.2) is 60.2 Å². The van der Waals surface area contributed by atoms with Gasteiger partial charge >= 0.3 is 6.09 Å². The number of hydrogen-bond acceptors (Lipinski definition) is 8. The van der Waals surface area contributed by atoms with E-state index in [1.165, 1.54) is 12.7 Å². The first-order valence-corrected chi connectivity index (χ1v) is 8.83. The Morgan fingerprint density at radius 1 is 1.37 bits per heavy atom. The van der Waals surface area contributed by atoms with Gasteiger partial charge in [-0.25, -0.2) is 19.7 Å². The minimum Gasteiger partial charge on any atom is -0.444 e. The van der Waals surface area contributed by atoms with E-state index in [4.69, 9.17) is 14.6 Å². The molecule has 1 aliphatic heterocycles.